The first-order valence-corrected chi connectivity index (χ1v) is 14.0. The minimum atomic E-state index is -0.197. The van der Waals surface area contributed by atoms with Crippen molar-refractivity contribution in [3.05, 3.63) is 75.0 Å². The van der Waals surface area contributed by atoms with Crippen LogP contribution in [-0.2, 0) is 4.79 Å². The molecule has 4 rings (SSSR count). The van der Waals surface area contributed by atoms with Crippen molar-refractivity contribution in [1.82, 2.24) is 14.3 Å². The Morgan fingerprint density at radius 1 is 1.14 bits per heavy atom. The molecule has 2 aromatic heterocycles. The number of hydrogen-bond donors (Lipinski definition) is 0. The van der Waals surface area contributed by atoms with Gasteiger partial charge in [-0.05, 0) is 49.1 Å². The second-order valence-electron chi connectivity index (χ2n) is 8.69. The van der Waals surface area contributed by atoms with E-state index in [-0.39, 0.29) is 11.5 Å². The molecule has 1 amide bonds. The van der Waals surface area contributed by atoms with Gasteiger partial charge in [-0.1, -0.05) is 93.1 Å². The van der Waals surface area contributed by atoms with E-state index in [0.29, 0.717) is 37.9 Å². The Balaban J connectivity index is 1.74. The highest BCUT2D eigenvalue weighted by atomic mass is 32.2. The van der Waals surface area contributed by atoms with E-state index in [1.54, 1.807) is 21.6 Å². The summed E-state index contributed by atoms with van der Waals surface area (Å²) in [4.78, 5) is 34.9. The lowest BCUT2D eigenvalue weighted by molar-refractivity contribution is -0.122. The molecule has 1 atom stereocenters. The molecule has 3 heterocycles. The lowest BCUT2D eigenvalue weighted by Gasteiger charge is -2.21. The van der Waals surface area contributed by atoms with Crippen LogP contribution in [0.15, 0.2) is 68.3 Å². The van der Waals surface area contributed by atoms with Crippen LogP contribution in [0.1, 0.15) is 50.7 Å². The molecule has 0 bridgehead atoms. The number of rotatable bonds is 9. The summed E-state index contributed by atoms with van der Waals surface area (Å²) in [5.74, 6) is 0.288. The topological polar surface area (TPSA) is 54.7 Å². The van der Waals surface area contributed by atoms with E-state index in [1.165, 1.54) is 23.5 Å². The minimum absolute atomic E-state index is 0.126. The Kier molecular flexibility index (Phi) is 8.46. The normalized spacial score (nSPS) is 16.0. The quantitative estimate of drug-likeness (QED) is 0.180. The number of carbonyl (C=O) groups is 1. The van der Waals surface area contributed by atoms with Gasteiger partial charge in [-0.15, -0.1) is 0 Å². The molecule has 5 nitrogen and oxygen atoms in total. The smallest absolute Gasteiger partial charge is 0.266 e. The van der Waals surface area contributed by atoms with E-state index in [2.05, 4.69) is 13.8 Å². The number of nitrogens with zero attached hydrogens (tertiary/aromatic N) is 3. The summed E-state index contributed by atoms with van der Waals surface area (Å²) < 4.78 is 2.10. The van der Waals surface area contributed by atoms with Crippen LogP contribution in [0.3, 0.4) is 0 Å². The summed E-state index contributed by atoms with van der Waals surface area (Å²) in [6, 6.07) is 13.6. The fourth-order valence-electron chi connectivity index (χ4n) is 4.00. The van der Waals surface area contributed by atoms with Crippen molar-refractivity contribution in [2.45, 2.75) is 56.4 Å². The molecular formula is C27H29N3O2S3. The van der Waals surface area contributed by atoms with Gasteiger partial charge in [0, 0.05) is 17.6 Å². The van der Waals surface area contributed by atoms with Gasteiger partial charge in [0.2, 0.25) is 0 Å². The molecule has 0 radical (unpaired) electrons. The lowest BCUT2D eigenvalue weighted by Crippen LogP contribution is -2.33. The van der Waals surface area contributed by atoms with Gasteiger partial charge in [0.05, 0.1) is 10.5 Å². The van der Waals surface area contributed by atoms with E-state index in [9.17, 15) is 9.59 Å². The Morgan fingerprint density at radius 3 is 2.63 bits per heavy atom. The van der Waals surface area contributed by atoms with E-state index in [4.69, 9.17) is 17.2 Å². The zero-order chi connectivity index (χ0) is 24.9. The number of carbonyl (C=O) groups excluding carboxylic acids is 1. The molecule has 1 unspecified atom stereocenters. The first-order valence-electron chi connectivity index (χ1n) is 11.9. The van der Waals surface area contributed by atoms with E-state index in [1.807, 2.05) is 49.4 Å². The zero-order valence-electron chi connectivity index (χ0n) is 20.2. The van der Waals surface area contributed by atoms with Gasteiger partial charge in [-0.25, -0.2) is 4.98 Å². The molecule has 1 saturated heterocycles. The average molecular weight is 524 g/mol. The summed E-state index contributed by atoms with van der Waals surface area (Å²) in [5, 5.41) is 0.574. The molecule has 1 fully saturated rings. The van der Waals surface area contributed by atoms with Crippen LogP contribution < -0.4 is 5.56 Å². The first-order chi connectivity index (χ1) is 16.9. The van der Waals surface area contributed by atoms with Crippen molar-refractivity contribution in [3.63, 3.8) is 0 Å². The molecule has 1 aliphatic rings. The standard InChI is InChI=1S/C27H29N3O2S3/c1-4-6-10-19(5-2)17-30-26(32)22(35-27(30)33)15-21-24(34-20-11-8-7-9-12-20)28-23-14-13-18(3)16-29(23)25(21)31/h7-9,11-16,19H,4-6,10,17H2,1-3H3/b22-15-. The van der Waals surface area contributed by atoms with Crippen molar-refractivity contribution in [2.75, 3.05) is 6.54 Å². The molecule has 0 aliphatic carbocycles. The van der Waals surface area contributed by atoms with Crippen molar-refractivity contribution in [1.29, 1.82) is 0 Å². The van der Waals surface area contributed by atoms with Crippen LogP contribution >= 0.6 is 35.7 Å². The summed E-state index contributed by atoms with van der Waals surface area (Å²) in [7, 11) is 0. The van der Waals surface area contributed by atoms with E-state index in [0.717, 1.165) is 36.1 Å². The van der Waals surface area contributed by atoms with Crippen LogP contribution in [0.4, 0.5) is 0 Å². The number of benzene rings is 1. The van der Waals surface area contributed by atoms with Gasteiger partial charge in [0.15, 0.2) is 0 Å². The number of pyridine rings is 1. The van der Waals surface area contributed by atoms with Gasteiger partial charge in [-0.3, -0.25) is 18.9 Å². The maximum Gasteiger partial charge on any atom is 0.266 e. The fraction of sp³-hybridized carbons (Fsp3) is 0.333. The molecule has 8 heteroatoms. The van der Waals surface area contributed by atoms with Crippen molar-refractivity contribution < 1.29 is 4.79 Å². The van der Waals surface area contributed by atoms with E-state index < -0.39 is 0 Å². The van der Waals surface area contributed by atoms with Crippen LogP contribution in [0.25, 0.3) is 11.7 Å². The molecule has 35 heavy (non-hydrogen) atoms. The average Bonchev–Trinajstić information content (AvgIpc) is 3.12. The highest BCUT2D eigenvalue weighted by Crippen LogP contribution is 2.36. The van der Waals surface area contributed by atoms with Gasteiger partial charge in [-0.2, -0.15) is 0 Å². The third kappa shape index (κ3) is 5.88. The molecule has 1 aliphatic heterocycles. The first kappa shape index (κ1) is 25.7. The summed E-state index contributed by atoms with van der Waals surface area (Å²) in [6.45, 7) is 6.90. The van der Waals surface area contributed by atoms with E-state index >= 15 is 0 Å². The molecule has 0 saturated carbocycles. The Morgan fingerprint density at radius 2 is 1.91 bits per heavy atom. The second-order valence-corrected chi connectivity index (χ2v) is 11.4. The van der Waals surface area contributed by atoms with Crippen molar-refractivity contribution in [3.8, 4) is 0 Å². The maximum atomic E-state index is 13.6. The second kappa shape index (κ2) is 11.5. The Bertz CT molecular complexity index is 1330. The Hall–Kier alpha value is -2.42. The predicted molar refractivity (Wildman–Crippen MR) is 150 cm³/mol. The summed E-state index contributed by atoms with van der Waals surface area (Å²) in [6.07, 6.45) is 7.82. The Labute approximate surface area is 220 Å². The molecule has 3 aromatic rings. The maximum absolute atomic E-state index is 13.6. The highest BCUT2D eigenvalue weighted by molar-refractivity contribution is 8.26. The van der Waals surface area contributed by atoms with Gasteiger partial charge in [0.25, 0.3) is 11.5 Å². The SMILES string of the molecule is CCCCC(CC)CN1C(=O)/C(=C/c2c(Sc3ccccc3)nc3ccc(C)cn3c2=O)SC1=S. The van der Waals surface area contributed by atoms with Gasteiger partial charge >= 0.3 is 0 Å². The summed E-state index contributed by atoms with van der Waals surface area (Å²) >= 11 is 8.27. The third-order valence-electron chi connectivity index (χ3n) is 6.06. The van der Waals surface area contributed by atoms with Crippen molar-refractivity contribution in [2.24, 2.45) is 5.92 Å². The molecule has 1 aromatic carbocycles. The van der Waals surface area contributed by atoms with Crippen molar-refractivity contribution >= 4 is 57.7 Å². The van der Waals surface area contributed by atoms with Crippen LogP contribution in [-0.4, -0.2) is 31.1 Å². The minimum Gasteiger partial charge on any atom is -0.293 e. The van der Waals surface area contributed by atoms with Gasteiger partial charge < -0.3 is 0 Å². The van der Waals surface area contributed by atoms with Crippen LogP contribution in [0.2, 0.25) is 0 Å². The van der Waals surface area contributed by atoms with Crippen LogP contribution in [0, 0.1) is 12.8 Å². The summed E-state index contributed by atoms with van der Waals surface area (Å²) in [5.41, 5.74) is 1.74. The third-order valence-corrected chi connectivity index (χ3v) is 8.45. The largest absolute Gasteiger partial charge is 0.293 e. The number of hydrogen-bond acceptors (Lipinski definition) is 6. The number of unbranched alkanes of at least 4 members (excludes halogenated alkanes) is 1. The number of fused-ring (bicyclic) bond motifs is 1. The fourth-order valence-corrected chi connectivity index (χ4v) is 6.17. The number of amides is 1. The lowest BCUT2D eigenvalue weighted by atomic mass is 9.99. The zero-order valence-corrected chi connectivity index (χ0v) is 22.6. The number of thioether (sulfide) groups is 1. The number of thiocarbonyl (C=S) groups is 1. The number of aromatic nitrogens is 2. The number of aryl methyl sites for hydroxylation is 1. The molecule has 182 valence electrons. The van der Waals surface area contributed by atoms with Crippen LogP contribution in [0.5, 0.6) is 0 Å². The monoisotopic (exact) mass is 523 g/mol. The molecule has 0 N–H and O–H groups in total. The molecular weight excluding hydrogens is 495 g/mol. The molecule has 0 spiro atoms. The van der Waals surface area contributed by atoms with Gasteiger partial charge in [0.1, 0.15) is 15.0 Å². The predicted octanol–water partition coefficient (Wildman–Crippen LogP) is 6.57. The highest BCUT2D eigenvalue weighted by Gasteiger charge is 2.33.